The van der Waals surface area contributed by atoms with Gasteiger partial charge in [-0.05, 0) is 24.6 Å². The maximum atomic E-state index is 12.8. The van der Waals surface area contributed by atoms with Gasteiger partial charge in [0.15, 0.2) is 5.69 Å². The Morgan fingerprint density at radius 2 is 1.89 bits per heavy atom. The van der Waals surface area contributed by atoms with Crippen LogP contribution in [0.2, 0.25) is 10.0 Å². The number of benzene rings is 1. The average molecular weight is 442 g/mol. The van der Waals surface area contributed by atoms with Crippen LogP contribution in [0.3, 0.4) is 0 Å². The van der Waals surface area contributed by atoms with E-state index in [0.717, 1.165) is 18.3 Å². The highest BCUT2D eigenvalue weighted by Gasteiger charge is 2.31. The zero-order valence-electron chi connectivity index (χ0n) is 13.6. The van der Waals surface area contributed by atoms with E-state index in [1.165, 1.54) is 0 Å². The van der Waals surface area contributed by atoms with Gasteiger partial charge in [0, 0.05) is 0 Å². The fraction of sp³-hybridized carbons (Fsp3) is 0.267. The minimum Gasteiger partial charge on any atom is -0.319 e. The molecule has 2 rings (SSSR count). The highest BCUT2D eigenvalue weighted by atomic mass is 35.5. The van der Waals surface area contributed by atoms with Crippen LogP contribution in [0, 0.1) is 0 Å². The molecule has 1 aromatic heterocycles. The number of hydrogen-bond acceptors (Lipinski definition) is 5. The number of amides is 1. The summed E-state index contributed by atoms with van der Waals surface area (Å²) < 4.78 is 62.5. The largest absolute Gasteiger partial charge is 0.416 e. The van der Waals surface area contributed by atoms with Crippen LogP contribution in [-0.2, 0) is 16.0 Å². The number of nitrogens with one attached hydrogen (secondary N) is 1. The lowest BCUT2D eigenvalue weighted by Crippen LogP contribution is -2.19. The van der Waals surface area contributed by atoms with Crippen LogP contribution in [0.4, 0.5) is 18.9 Å². The van der Waals surface area contributed by atoms with Crippen molar-refractivity contribution in [3.63, 3.8) is 0 Å². The Bertz CT molecular complexity index is 982. The van der Waals surface area contributed by atoms with Gasteiger partial charge >= 0.3 is 6.18 Å². The van der Waals surface area contributed by atoms with Crippen molar-refractivity contribution in [2.75, 3.05) is 11.1 Å². The van der Waals surface area contributed by atoms with Crippen LogP contribution < -0.4 is 5.32 Å². The number of carbonyl (C=O) groups is 1. The number of rotatable bonds is 5. The second kappa shape index (κ2) is 7.99. The molecular weight excluding hydrogens is 430 g/mol. The Balaban J connectivity index is 2.39. The number of aromatic nitrogens is 2. The van der Waals surface area contributed by atoms with E-state index in [4.69, 9.17) is 23.2 Å². The molecule has 0 radical (unpaired) electrons. The summed E-state index contributed by atoms with van der Waals surface area (Å²) in [6.07, 6.45) is -3.41. The Morgan fingerprint density at radius 3 is 2.48 bits per heavy atom. The molecule has 27 heavy (non-hydrogen) atoms. The first-order valence-electron chi connectivity index (χ1n) is 7.39. The van der Waals surface area contributed by atoms with Gasteiger partial charge in [0.1, 0.15) is 0 Å². The molecule has 1 heterocycles. The average Bonchev–Trinajstić information content (AvgIpc) is 2.55. The highest BCUT2D eigenvalue weighted by molar-refractivity contribution is 7.91. The monoisotopic (exact) mass is 441 g/mol. The van der Waals surface area contributed by atoms with Crippen LogP contribution in [-0.4, -0.2) is 30.0 Å². The number of halogens is 5. The number of sulfone groups is 1. The van der Waals surface area contributed by atoms with Crippen LogP contribution in [0.5, 0.6) is 0 Å². The van der Waals surface area contributed by atoms with Gasteiger partial charge in [-0.2, -0.15) is 13.2 Å². The quantitative estimate of drug-likeness (QED) is 0.700. The van der Waals surface area contributed by atoms with Crippen LogP contribution in [0.25, 0.3) is 0 Å². The molecule has 1 N–H and O–H groups in total. The van der Waals surface area contributed by atoms with Crippen LogP contribution in [0.1, 0.15) is 29.4 Å². The number of nitrogens with zero attached hydrogens (tertiary/aromatic N) is 2. The van der Waals surface area contributed by atoms with Gasteiger partial charge in [-0.15, -0.1) is 0 Å². The normalized spacial score (nSPS) is 12.1. The predicted octanol–water partition coefficient (Wildman–Crippen LogP) is 4.24. The second-order valence-corrected chi connectivity index (χ2v) is 8.13. The summed E-state index contributed by atoms with van der Waals surface area (Å²) in [5.74, 6) is -1.27. The lowest BCUT2D eigenvalue weighted by Gasteiger charge is -2.12. The van der Waals surface area contributed by atoms with E-state index < -0.39 is 38.3 Å². The smallest absolute Gasteiger partial charge is 0.319 e. The molecule has 0 spiro atoms. The van der Waals surface area contributed by atoms with Crippen molar-refractivity contribution in [2.24, 2.45) is 0 Å². The minimum atomic E-state index is -4.64. The number of hydrogen-bond donors (Lipinski definition) is 1. The summed E-state index contributed by atoms with van der Waals surface area (Å²) >= 11 is 11.7. The Kier molecular flexibility index (Phi) is 6.33. The molecule has 0 aliphatic carbocycles. The van der Waals surface area contributed by atoms with Gasteiger partial charge in [0.05, 0.1) is 33.2 Å². The highest BCUT2D eigenvalue weighted by Crippen LogP contribution is 2.34. The maximum absolute atomic E-state index is 12.8. The summed E-state index contributed by atoms with van der Waals surface area (Å²) in [5, 5.41) is 1.12. The molecule has 6 nitrogen and oxygen atoms in total. The van der Waals surface area contributed by atoms with Crippen molar-refractivity contribution in [1.29, 1.82) is 0 Å². The SMILES string of the molecule is CCCS(=O)(=O)c1ncc(Cl)c(C(=O)Nc2cc(C(F)(F)F)ccc2Cl)n1. The van der Waals surface area contributed by atoms with Gasteiger partial charge < -0.3 is 5.32 Å². The third-order valence-electron chi connectivity index (χ3n) is 3.23. The topological polar surface area (TPSA) is 89.0 Å². The number of anilines is 1. The Hall–Kier alpha value is -1.91. The third-order valence-corrected chi connectivity index (χ3v) is 5.53. The van der Waals surface area contributed by atoms with E-state index in [9.17, 15) is 26.4 Å². The van der Waals surface area contributed by atoms with Crippen molar-refractivity contribution in [1.82, 2.24) is 9.97 Å². The van der Waals surface area contributed by atoms with Gasteiger partial charge in [-0.1, -0.05) is 30.1 Å². The summed E-state index contributed by atoms with van der Waals surface area (Å²) in [4.78, 5) is 19.6. The molecule has 0 saturated heterocycles. The lowest BCUT2D eigenvalue weighted by molar-refractivity contribution is -0.137. The molecule has 12 heteroatoms. The zero-order valence-corrected chi connectivity index (χ0v) is 16.0. The van der Waals surface area contributed by atoms with Gasteiger partial charge in [0.2, 0.25) is 15.0 Å². The first-order valence-corrected chi connectivity index (χ1v) is 9.80. The van der Waals surface area contributed by atoms with Crippen LogP contribution in [0.15, 0.2) is 29.6 Å². The van der Waals surface area contributed by atoms with Crippen molar-refractivity contribution in [2.45, 2.75) is 24.7 Å². The summed E-state index contributed by atoms with van der Waals surface area (Å²) in [6.45, 7) is 1.64. The molecule has 0 bridgehead atoms. The van der Waals surface area contributed by atoms with Crippen molar-refractivity contribution in [3.8, 4) is 0 Å². The summed E-state index contributed by atoms with van der Waals surface area (Å²) in [7, 11) is -3.83. The molecule has 0 unspecified atom stereocenters. The fourth-order valence-corrected chi connectivity index (χ4v) is 3.50. The fourth-order valence-electron chi connectivity index (χ4n) is 2.00. The van der Waals surface area contributed by atoms with Crippen molar-refractivity contribution in [3.05, 3.63) is 45.7 Å². The molecular formula is C15H12Cl2F3N3O3S. The van der Waals surface area contributed by atoms with Crippen molar-refractivity contribution < 1.29 is 26.4 Å². The van der Waals surface area contributed by atoms with E-state index in [0.29, 0.717) is 12.5 Å². The van der Waals surface area contributed by atoms with E-state index >= 15 is 0 Å². The first kappa shape index (κ1) is 21.4. The predicted molar refractivity (Wildman–Crippen MR) is 93.8 cm³/mol. The minimum absolute atomic E-state index is 0.152. The first-order chi connectivity index (χ1) is 12.5. The molecule has 1 amide bonds. The van der Waals surface area contributed by atoms with Gasteiger partial charge in [-0.3, -0.25) is 4.79 Å². The van der Waals surface area contributed by atoms with E-state index in [1.807, 2.05) is 0 Å². The van der Waals surface area contributed by atoms with Gasteiger partial charge in [0.25, 0.3) is 5.91 Å². The maximum Gasteiger partial charge on any atom is 0.416 e. The number of carbonyl (C=O) groups excluding carboxylic acids is 1. The van der Waals surface area contributed by atoms with E-state index in [-0.39, 0.29) is 21.5 Å². The lowest BCUT2D eigenvalue weighted by atomic mass is 10.2. The molecule has 0 aliphatic rings. The molecule has 0 aliphatic heterocycles. The van der Waals surface area contributed by atoms with Crippen molar-refractivity contribution >= 4 is 44.6 Å². The summed E-state index contributed by atoms with van der Waals surface area (Å²) in [5.41, 5.74) is -1.86. The second-order valence-electron chi connectivity index (χ2n) is 5.31. The Morgan fingerprint density at radius 1 is 1.22 bits per heavy atom. The molecule has 1 aromatic carbocycles. The Labute approximate surface area is 162 Å². The van der Waals surface area contributed by atoms with Crippen LogP contribution >= 0.6 is 23.2 Å². The van der Waals surface area contributed by atoms with E-state index in [2.05, 4.69) is 15.3 Å². The zero-order chi connectivity index (χ0) is 20.4. The molecule has 2 aromatic rings. The summed E-state index contributed by atoms with van der Waals surface area (Å²) in [6, 6.07) is 2.37. The molecule has 0 fully saturated rings. The third kappa shape index (κ3) is 5.08. The molecule has 0 saturated carbocycles. The number of alkyl halides is 3. The molecule has 0 atom stereocenters. The standard InChI is InChI=1S/C15H12Cl2F3N3O3S/c1-2-5-27(25,26)14-21-7-10(17)12(23-14)13(24)22-11-6-8(15(18,19)20)3-4-9(11)16/h3-4,6-7H,2,5H2,1H3,(H,22,24). The van der Waals surface area contributed by atoms with E-state index in [1.54, 1.807) is 6.92 Å². The molecule has 146 valence electrons. The van der Waals surface area contributed by atoms with Gasteiger partial charge in [-0.25, -0.2) is 18.4 Å².